The number of hydrogen-bond acceptors (Lipinski definition) is 1. The van der Waals surface area contributed by atoms with Crippen LogP contribution in [0.5, 0.6) is 0 Å². The van der Waals surface area contributed by atoms with Crippen molar-refractivity contribution in [3.63, 3.8) is 0 Å². The number of aliphatic hydroxyl groups excluding tert-OH is 1. The van der Waals surface area contributed by atoms with E-state index in [9.17, 15) is 5.11 Å². The highest BCUT2D eigenvalue weighted by atomic mass is 16.3. The van der Waals surface area contributed by atoms with Crippen LogP contribution in [0.1, 0.15) is 92.9 Å². The average Bonchev–Trinajstić information content (AvgIpc) is 2.96. The fourth-order valence-corrected chi connectivity index (χ4v) is 7.11. The summed E-state index contributed by atoms with van der Waals surface area (Å²) in [6.07, 6.45) is 20.8. The normalized spacial score (nSPS) is 42.4. The van der Waals surface area contributed by atoms with Crippen LogP contribution in [-0.2, 0) is 0 Å². The SMILES string of the molecule is C.CC(C)C/C=C/CC1CCC2C3=CC=C4CC(O)CCC4(C)C3CCC12C. The zero-order valence-electron chi connectivity index (χ0n) is 18.0. The molecule has 0 heterocycles. The van der Waals surface area contributed by atoms with Crippen molar-refractivity contribution < 1.29 is 5.11 Å². The van der Waals surface area contributed by atoms with Gasteiger partial charge in [0.25, 0.3) is 0 Å². The van der Waals surface area contributed by atoms with Crippen molar-refractivity contribution in [2.45, 2.75) is 99.0 Å². The molecule has 4 aliphatic carbocycles. The summed E-state index contributed by atoms with van der Waals surface area (Å²) in [7, 11) is 0. The van der Waals surface area contributed by atoms with Crippen LogP contribution in [0.15, 0.2) is 35.5 Å². The maximum atomic E-state index is 10.2. The first-order valence-corrected chi connectivity index (χ1v) is 11.6. The molecule has 6 atom stereocenters. The summed E-state index contributed by atoms with van der Waals surface area (Å²) in [4.78, 5) is 0. The Morgan fingerprint density at radius 1 is 1.04 bits per heavy atom. The van der Waals surface area contributed by atoms with Crippen LogP contribution in [0.4, 0.5) is 0 Å². The van der Waals surface area contributed by atoms with Crippen LogP contribution >= 0.6 is 0 Å². The van der Waals surface area contributed by atoms with Crippen molar-refractivity contribution in [3.8, 4) is 0 Å². The average molecular weight is 385 g/mol. The van der Waals surface area contributed by atoms with E-state index in [0.29, 0.717) is 10.8 Å². The summed E-state index contributed by atoms with van der Waals surface area (Å²) < 4.78 is 0. The lowest BCUT2D eigenvalue weighted by Crippen LogP contribution is -2.45. The summed E-state index contributed by atoms with van der Waals surface area (Å²) in [5, 5.41) is 10.2. The Morgan fingerprint density at radius 2 is 1.82 bits per heavy atom. The first kappa shape index (κ1) is 21.9. The Hall–Kier alpha value is -0.820. The molecule has 4 aliphatic rings. The number of hydrogen-bond donors (Lipinski definition) is 1. The summed E-state index contributed by atoms with van der Waals surface area (Å²) in [5.41, 5.74) is 4.13. The maximum Gasteiger partial charge on any atom is 0.0578 e. The second-order valence-corrected chi connectivity index (χ2v) is 10.9. The van der Waals surface area contributed by atoms with Crippen molar-refractivity contribution >= 4 is 0 Å². The van der Waals surface area contributed by atoms with Gasteiger partial charge in [-0.25, -0.2) is 0 Å². The molecule has 0 spiro atoms. The molecule has 3 saturated carbocycles. The van der Waals surface area contributed by atoms with Crippen LogP contribution < -0.4 is 0 Å². The zero-order valence-corrected chi connectivity index (χ0v) is 18.0. The van der Waals surface area contributed by atoms with E-state index >= 15 is 0 Å². The fourth-order valence-electron chi connectivity index (χ4n) is 7.11. The third-order valence-electron chi connectivity index (χ3n) is 8.94. The van der Waals surface area contributed by atoms with E-state index in [1.54, 1.807) is 5.57 Å². The molecule has 0 aliphatic heterocycles. The second kappa shape index (κ2) is 8.13. The lowest BCUT2D eigenvalue weighted by atomic mass is 9.50. The third-order valence-corrected chi connectivity index (χ3v) is 8.94. The molecule has 1 heteroatoms. The highest BCUT2D eigenvalue weighted by Gasteiger charge is 2.55. The van der Waals surface area contributed by atoms with E-state index in [1.165, 1.54) is 50.5 Å². The van der Waals surface area contributed by atoms with Crippen molar-refractivity contribution in [2.24, 2.45) is 34.5 Å². The topological polar surface area (TPSA) is 20.2 Å². The number of allylic oxidation sites excluding steroid dienone is 5. The largest absolute Gasteiger partial charge is 0.393 e. The Bertz CT molecular complexity index is 653. The molecule has 0 bridgehead atoms. The molecule has 0 aromatic rings. The second-order valence-electron chi connectivity index (χ2n) is 10.9. The Kier molecular flexibility index (Phi) is 6.35. The van der Waals surface area contributed by atoms with Crippen LogP contribution in [-0.4, -0.2) is 11.2 Å². The lowest BCUT2D eigenvalue weighted by molar-refractivity contribution is 0.0453. The highest BCUT2D eigenvalue weighted by molar-refractivity contribution is 5.38. The van der Waals surface area contributed by atoms with Crippen molar-refractivity contribution in [1.82, 2.24) is 0 Å². The standard InChI is InChI=1S/C26H40O.CH4/c1-18(2)7-5-6-8-19-10-12-23-22-11-9-20-17-21(27)13-15-26(20,4)24(22)14-16-25(19,23)3;/h5-6,9,11,18-19,21,23-24,27H,7-8,10,12-17H2,1-4H3;1H4/b6-5+;. The van der Waals surface area contributed by atoms with Gasteiger partial charge in [0.1, 0.15) is 0 Å². The lowest BCUT2D eigenvalue weighted by Gasteiger charge is -2.54. The van der Waals surface area contributed by atoms with Gasteiger partial charge in [0, 0.05) is 0 Å². The Morgan fingerprint density at radius 3 is 2.57 bits per heavy atom. The van der Waals surface area contributed by atoms with E-state index in [4.69, 9.17) is 0 Å². The highest BCUT2D eigenvalue weighted by Crippen LogP contribution is 2.65. The van der Waals surface area contributed by atoms with E-state index in [2.05, 4.69) is 52.0 Å². The summed E-state index contributed by atoms with van der Waals surface area (Å²) in [5.74, 6) is 3.16. The molecule has 0 saturated heterocycles. The molecule has 0 amide bonds. The van der Waals surface area contributed by atoms with Gasteiger partial charge in [0.15, 0.2) is 0 Å². The number of aliphatic hydroxyl groups is 1. The molecule has 3 fully saturated rings. The van der Waals surface area contributed by atoms with Crippen LogP contribution in [0.25, 0.3) is 0 Å². The van der Waals surface area contributed by atoms with E-state index in [0.717, 1.165) is 36.5 Å². The molecule has 1 N–H and O–H groups in total. The quantitative estimate of drug-likeness (QED) is 0.498. The number of rotatable bonds is 4. The van der Waals surface area contributed by atoms with Gasteiger partial charge < -0.3 is 5.11 Å². The van der Waals surface area contributed by atoms with Gasteiger partial charge in [-0.3, -0.25) is 0 Å². The summed E-state index contributed by atoms with van der Waals surface area (Å²) >= 11 is 0. The molecule has 1 nitrogen and oxygen atoms in total. The minimum atomic E-state index is -0.110. The molecule has 4 rings (SSSR count). The number of fused-ring (bicyclic) bond motifs is 5. The molecule has 6 unspecified atom stereocenters. The van der Waals surface area contributed by atoms with E-state index < -0.39 is 0 Å². The molecular weight excluding hydrogens is 340 g/mol. The molecule has 28 heavy (non-hydrogen) atoms. The minimum Gasteiger partial charge on any atom is -0.393 e. The first-order chi connectivity index (χ1) is 12.8. The molecule has 0 radical (unpaired) electrons. The summed E-state index contributed by atoms with van der Waals surface area (Å²) in [6, 6.07) is 0. The zero-order chi connectivity index (χ0) is 19.2. The third kappa shape index (κ3) is 3.57. The van der Waals surface area contributed by atoms with Crippen LogP contribution in [0, 0.1) is 34.5 Å². The fraction of sp³-hybridized carbons (Fsp3) is 0.778. The minimum absolute atomic E-state index is 0. The van der Waals surface area contributed by atoms with Crippen LogP contribution in [0.3, 0.4) is 0 Å². The van der Waals surface area contributed by atoms with Gasteiger partial charge in [-0.05, 0) is 92.3 Å². The Balaban J connectivity index is 0.00000225. The van der Waals surface area contributed by atoms with Crippen molar-refractivity contribution in [3.05, 3.63) is 35.5 Å². The van der Waals surface area contributed by atoms with E-state index in [-0.39, 0.29) is 13.5 Å². The monoisotopic (exact) mass is 384 g/mol. The van der Waals surface area contributed by atoms with Gasteiger partial charge in [-0.15, -0.1) is 0 Å². The Labute approximate surface area is 174 Å². The smallest absolute Gasteiger partial charge is 0.0578 e. The molecule has 0 aromatic carbocycles. The van der Waals surface area contributed by atoms with Crippen molar-refractivity contribution in [1.29, 1.82) is 0 Å². The van der Waals surface area contributed by atoms with Crippen molar-refractivity contribution in [2.75, 3.05) is 0 Å². The first-order valence-electron chi connectivity index (χ1n) is 11.6. The van der Waals surface area contributed by atoms with Gasteiger partial charge >= 0.3 is 0 Å². The van der Waals surface area contributed by atoms with Gasteiger partial charge in [0.2, 0.25) is 0 Å². The van der Waals surface area contributed by atoms with Gasteiger partial charge in [0.05, 0.1) is 6.10 Å². The van der Waals surface area contributed by atoms with Crippen LogP contribution in [0.2, 0.25) is 0 Å². The predicted octanol–water partition coefficient (Wildman–Crippen LogP) is 7.47. The predicted molar refractivity (Wildman–Crippen MR) is 121 cm³/mol. The summed E-state index contributed by atoms with van der Waals surface area (Å²) in [6.45, 7) is 9.72. The van der Waals surface area contributed by atoms with Gasteiger partial charge in [-0.1, -0.05) is 70.6 Å². The molecule has 158 valence electrons. The maximum absolute atomic E-state index is 10.2. The van der Waals surface area contributed by atoms with E-state index in [1.807, 2.05) is 0 Å². The molecule has 0 aromatic heterocycles. The van der Waals surface area contributed by atoms with Gasteiger partial charge in [-0.2, -0.15) is 0 Å². The molecular formula is C27H44O.